The first-order valence-electron chi connectivity index (χ1n) is 4.54. The van der Waals surface area contributed by atoms with Crippen molar-refractivity contribution in [2.24, 2.45) is 0 Å². The number of hydrogen-bond acceptors (Lipinski definition) is 3. The minimum atomic E-state index is -0.0456. The predicted octanol–water partition coefficient (Wildman–Crippen LogP) is 0.244. The van der Waals surface area contributed by atoms with E-state index in [2.05, 4.69) is 11.9 Å². The van der Waals surface area contributed by atoms with Crippen molar-refractivity contribution in [3.63, 3.8) is 0 Å². The lowest BCUT2D eigenvalue weighted by molar-refractivity contribution is -0.120. The van der Waals surface area contributed by atoms with Gasteiger partial charge in [0.05, 0.1) is 19.8 Å². The van der Waals surface area contributed by atoms with Crippen molar-refractivity contribution in [3.8, 4) is 0 Å². The van der Waals surface area contributed by atoms with Gasteiger partial charge in [0.15, 0.2) is 0 Å². The van der Waals surface area contributed by atoms with Gasteiger partial charge in [-0.3, -0.25) is 4.79 Å². The molecule has 0 aromatic rings. The Balaban J connectivity index is 3.26. The molecule has 0 radical (unpaired) electrons. The molecule has 14 heavy (non-hydrogen) atoms. The van der Waals surface area contributed by atoms with Gasteiger partial charge in [0, 0.05) is 13.0 Å². The van der Waals surface area contributed by atoms with Gasteiger partial charge in [-0.2, -0.15) is 0 Å². The number of aliphatic hydroxyl groups is 1. The molecule has 0 saturated carbocycles. The molecule has 0 heterocycles. The van der Waals surface area contributed by atoms with Gasteiger partial charge in [0.2, 0.25) is 5.91 Å². The van der Waals surface area contributed by atoms with Gasteiger partial charge in [-0.15, -0.1) is 0 Å². The van der Waals surface area contributed by atoms with Gasteiger partial charge in [0.1, 0.15) is 0 Å². The van der Waals surface area contributed by atoms with Crippen LogP contribution in [0.15, 0.2) is 24.8 Å². The van der Waals surface area contributed by atoms with Crippen molar-refractivity contribution < 1.29 is 14.6 Å². The average Bonchev–Trinajstić information content (AvgIpc) is 2.18. The molecule has 0 fully saturated rings. The third-order valence-electron chi connectivity index (χ3n) is 1.38. The summed E-state index contributed by atoms with van der Waals surface area (Å²) in [5, 5.41) is 11.1. The Morgan fingerprint density at radius 3 is 2.93 bits per heavy atom. The first-order chi connectivity index (χ1) is 6.81. The first kappa shape index (κ1) is 12.9. The van der Waals surface area contributed by atoms with E-state index in [1.165, 1.54) is 0 Å². The molecule has 0 atom stereocenters. The van der Waals surface area contributed by atoms with Crippen molar-refractivity contribution in [1.82, 2.24) is 5.32 Å². The van der Waals surface area contributed by atoms with Crippen LogP contribution in [0.1, 0.15) is 6.42 Å². The van der Waals surface area contributed by atoms with Gasteiger partial charge in [0.25, 0.3) is 0 Å². The summed E-state index contributed by atoms with van der Waals surface area (Å²) in [7, 11) is 0. The van der Waals surface area contributed by atoms with E-state index in [9.17, 15) is 4.79 Å². The lowest BCUT2D eigenvalue weighted by Gasteiger charge is -2.03. The number of rotatable bonds is 8. The van der Waals surface area contributed by atoms with Crippen molar-refractivity contribution in [3.05, 3.63) is 24.8 Å². The third-order valence-corrected chi connectivity index (χ3v) is 1.38. The molecule has 1 amide bonds. The molecule has 4 nitrogen and oxygen atoms in total. The molecule has 0 aliphatic carbocycles. The van der Waals surface area contributed by atoms with Gasteiger partial charge < -0.3 is 15.2 Å². The molecule has 0 bridgehead atoms. The second-order valence-corrected chi connectivity index (χ2v) is 2.55. The monoisotopic (exact) mass is 199 g/mol. The summed E-state index contributed by atoms with van der Waals surface area (Å²) < 4.78 is 4.96. The Hall–Kier alpha value is -1.13. The normalized spacial score (nSPS) is 10.4. The number of hydrogen-bond donors (Lipinski definition) is 2. The fraction of sp³-hybridized carbons (Fsp3) is 0.500. The fourth-order valence-corrected chi connectivity index (χ4v) is 0.773. The SMILES string of the molecule is C=C/C=C\CC(=O)NCCOCCO. The zero-order chi connectivity index (χ0) is 10.6. The fourth-order valence-electron chi connectivity index (χ4n) is 0.773. The van der Waals surface area contributed by atoms with Gasteiger partial charge in [-0.25, -0.2) is 0 Å². The molecule has 0 aliphatic heterocycles. The van der Waals surface area contributed by atoms with E-state index in [-0.39, 0.29) is 12.5 Å². The summed E-state index contributed by atoms with van der Waals surface area (Å²) in [4.78, 5) is 11.0. The largest absolute Gasteiger partial charge is 0.394 e. The molecule has 0 aliphatic rings. The number of carbonyl (C=O) groups is 1. The number of nitrogens with one attached hydrogen (secondary N) is 1. The van der Waals surface area contributed by atoms with Crippen LogP contribution in [0, 0.1) is 0 Å². The van der Waals surface area contributed by atoms with Crippen LogP contribution in [0.5, 0.6) is 0 Å². The highest BCUT2D eigenvalue weighted by molar-refractivity contribution is 5.77. The zero-order valence-corrected chi connectivity index (χ0v) is 8.24. The van der Waals surface area contributed by atoms with E-state index in [4.69, 9.17) is 9.84 Å². The van der Waals surface area contributed by atoms with Crippen LogP contribution in [0.3, 0.4) is 0 Å². The molecular formula is C10H17NO3. The minimum Gasteiger partial charge on any atom is -0.394 e. The number of aliphatic hydroxyl groups excluding tert-OH is 1. The molecule has 0 aromatic heterocycles. The summed E-state index contributed by atoms with van der Waals surface area (Å²) >= 11 is 0. The van der Waals surface area contributed by atoms with Crippen molar-refractivity contribution in [2.45, 2.75) is 6.42 Å². The maximum absolute atomic E-state index is 11.0. The van der Waals surface area contributed by atoms with E-state index >= 15 is 0 Å². The van der Waals surface area contributed by atoms with E-state index in [0.717, 1.165) is 0 Å². The molecular weight excluding hydrogens is 182 g/mol. The Labute approximate surface area is 84.3 Å². The summed E-state index contributed by atoms with van der Waals surface area (Å²) in [5.41, 5.74) is 0. The van der Waals surface area contributed by atoms with Crippen molar-refractivity contribution in [1.29, 1.82) is 0 Å². The highest BCUT2D eigenvalue weighted by Crippen LogP contribution is 1.83. The minimum absolute atomic E-state index is 0.00994. The van der Waals surface area contributed by atoms with E-state index in [0.29, 0.717) is 26.2 Å². The van der Waals surface area contributed by atoms with E-state index in [1.54, 1.807) is 18.2 Å². The van der Waals surface area contributed by atoms with Crippen LogP contribution in [0.2, 0.25) is 0 Å². The standard InChI is InChI=1S/C10H17NO3/c1-2-3-4-5-10(13)11-6-8-14-9-7-12/h2-4,12H,1,5-9H2,(H,11,13)/b4-3-. The highest BCUT2D eigenvalue weighted by Gasteiger charge is 1.95. The summed E-state index contributed by atoms with van der Waals surface area (Å²) in [6, 6.07) is 0. The van der Waals surface area contributed by atoms with Gasteiger partial charge in [-0.05, 0) is 0 Å². The molecule has 0 unspecified atom stereocenters. The Bertz CT molecular complexity index is 190. The van der Waals surface area contributed by atoms with Gasteiger partial charge >= 0.3 is 0 Å². The Morgan fingerprint density at radius 1 is 1.50 bits per heavy atom. The number of ether oxygens (including phenoxy) is 1. The quantitative estimate of drug-likeness (QED) is 0.435. The van der Waals surface area contributed by atoms with Crippen molar-refractivity contribution in [2.75, 3.05) is 26.4 Å². The topological polar surface area (TPSA) is 58.6 Å². The second kappa shape index (κ2) is 9.95. The summed E-state index contributed by atoms with van der Waals surface area (Å²) in [5.74, 6) is -0.0456. The molecule has 0 saturated heterocycles. The number of allylic oxidation sites excluding steroid dienone is 2. The zero-order valence-electron chi connectivity index (χ0n) is 8.24. The van der Waals surface area contributed by atoms with E-state index < -0.39 is 0 Å². The molecule has 0 spiro atoms. The highest BCUT2D eigenvalue weighted by atomic mass is 16.5. The number of carbonyl (C=O) groups excluding carboxylic acids is 1. The van der Waals surface area contributed by atoms with E-state index in [1.807, 2.05) is 0 Å². The Morgan fingerprint density at radius 2 is 2.29 bits per heavy atom. The lowest BCUT2D eigenvalue weighted by Crippen LogP contribution is -2.26. The molecule has 80 valence electrons. The van der Waals surface area contributed by atoms with Crippen LogP contribution < -0.4 is 5.32 Å². The Kier molecular flexibility index (Phi) is 9.15. The number of amides is 1. The van der Waals surface area contributed by atoms with Crippen LogP contribution in [0.25, 0.3) is 0 Å². The maximum atomic E-state index is 11.0. The lowest BCUT2D eigenvalue weighted by atomic mass is 10.3. The maximum Gasteiger partial charge on any atom is 0.223 e. The summed E-state index contributed by atoms with van der Waals surface area (Å²) in [6.07, 6.45) is 5.43. The van der Waals surface area contributed by atoms with Crippen LogP contribution in [-0.2, 0) is 9.53 Å². The molecule has 0 rings (SSSR count). The van der Waals surface area contributed by atoms with Gasteiger partial charge in [-0.1, -0.05) is 24.8 Å². The van der Waals surface area contributed by atoms with Crippen LogP contribution >= 0.6 is 0 Å². The average molecular weight is 199 g/mol. The second-order valence-electron chi connectivity index (χ2n) is 2.55. The smallest absolute Gasteiger partial charge is 0.223 e. The first-order valence-corrected chi connectivity index (χ1v) is 4.54. The predicted molar refractivity (Wildman–Crippen MR) is 54.9 cm³/mol. The molecule has 2 N–H and O–H groups in total. The third kappa shape index (κ3) is 8.96. The van der Waals surface area contributed by atoms with Crippen molar-refractivity contribution >= 4 is 5.91 Å². The molecule has 0 aromatic carbocycles. The molecule has 4 heteroatoms. The van der Waals surface area contributed by atoms with Crippen LogP contribution in [-0.4, -0.2) is 37.4 Å². The van der Waals surface area contributed by atoms with Crippen LogP contribution in [0.4, 0.5) is 0 Å². The summed E-state index contributed by atoms with van der Waals surface area (Å²) in [6.45, 7) is 4.71.